The Hall–Kier alpha value is 1.35. The largest absolute Gasteiger partial charge is 1.00 e. The Labute approximate surface area is 55.1 Å². The molecule has 0 fully saturated rings. The van der Waals surface area contributed by atoms with Crippen molar-refractivity contribution in [1.29, 1.82) is 0 Å². The molecule has 26 valence electrons. The van der Waals surface area contributed by atoms with Crippen molar-refractivity contribution in [1.82, 2.24) is 0 Å². The molecule has 0 aliphatic heterocycles. The van der Waals surface area contributed by atoms with Gasteiger partial charge >= 0.3 is 29.6 Å². The van der Waals surface area contributed by atoms with Gasteiger partial charge in [0.1, 0.15) is 0 Å². The minimum atomic E-state index is -0.610. The molecule has 0 aromatic heterocycles. The topological polar surface area (TPSA) is 32.3 Å². The maximum Gasteiger partial charge on any atom is 1.00 e. The Kier molecular flexibility index (Phi) is 17.3. The van der Waals surface area contributed by atoms with E-state index in [1.807, 2.05) is 0 Å². The average molecular weight is 102 g/mol. The van der Waals surface area contributed by atoms with Crippen molar-refractivity contribution < 1.29 is 39.0 Å². The van der Waals surface area contributed by atoms with Crippen LogP contribution in [0.2, 0.25) is 0 Å². The van der Waals surface area contributed by atoms with Crippen molar-refractivity contribution in [2.75, 3.05) is 7.11 Å². The first-order chi connectivity index (χ1) is 1.91. The van der Waals surface area contributed by atoms with Crippen molar-refractivity contribution >= 4 is 9.03 Å². The van der Waals surface area contributed by atoms with Crippen molar-refractivity contribution in [3.8, 4) is 0 Å². The summed E-state index contributed by atoms with van der Waals surface area (Å²) in [4.78, 5) is 9.10. The van der Waals surface area contributed by atoms with Crippen LogP contribution in [0.1, 0.15) is 0 Å². The van der Waals surface area contributed by atoms with Crippen LogP contribution in [0.25, 0.3) is 0 Å². The zero-order valence-electron chi connectivity index (χ0n) is 3.32. The number of hydrogen-bond acceptors (Lipinski definition) is 2. The number of hydrogen-bond donors (Lipinski definition) is 0. The first-order valence-electron chi connectivity index (χ1n) is 0.816. The second-order valence-electron chi connectivity index (χ2n) is 0.287. The van der Waals surface area contributed by atoms with E-state index in [0.29, 0.717) is 0 Å². The third kappa shape index (κ3) is 10.9. The van der Waals surface area contributed by atoms with Gasteiger partial charge in [-0.15, -0.1) is 0 Å². The van der Waals surface area contributed by atoms with Crippen molar-refractivity contribution in [2.45, 2.75) is 0 Å². The third-order valence-corrected chi connectivity index (χ3v) is 0.250. The van der Waals surface area contributed by atoms with Crippen LogP contribution in [0.5, 0.6) is 0 Å². The van der Waals surface area contributed by atoms with E-state index in [9.17, 15) is 0 Å². The summed E-state index contributed by atoms with van der Waals surface area (Å²) >= 11 is 0. The van der Waals surface area contributed by atoms with Crippen molar-refractivity contribution in [3.05, 3.63) is 0 Å². The maximum atomic E-state index is 9.10. The van der Waals surface area contributed by atoms with E-state index < -0.39 is 9.03 Å². The minimum Gasteiger partial charge on any atom is -0.810 e. The van der Waals surface area contributed by atoms with E-state index >= 15 is 0 Å². The van der Waals surface area contributed by atoms with Crippen LogP contribution in [-0.2, 0) is 4.52 Å². The molecule has 0 heterocycles. The smallest absolute Gasteiger partial charge is 0.810 e. The molecule has 0 spiro atoms. The van der Waals surface area contributed by atoms with Gasteiger partial charge in [-0.3, -0.25) is 0 Å². The van der Waals surface area contributed by atoms with E-state index in [4.69, 9.17) is 4.89 Å². The van der Waals surface area contributed by atoms with Gasteiger partial charge in [0.2, 0.25) is 0 Å². The van der Waals surface area contributed by atoms with Gasteiger partial charge in [0.05, 0.1) is 0 Å². The molecule has 0 rings (SSSR count). The first kappa shape index (κ1) is 9.61. The molecule has 0 amide bonds. The van der Waals surface area contributed by atoms with Crippen molar-refractivity contribution in [2.24, 2.45) is 0 Å². The molecule has 2 nitrogen and oxygen atoms in total. The second kappa shape index (κ2) is 9.02. The normalized spacial score (nSPS) is 8.40. The summed E-state index contributed by atoms with van der Waals surface area (Å²) in [5.74, 6) is 0. The molecule has 0 saturated heterocycles. The summed E-state index contributed by atoms with van der Waals surface area (Å²) in [6.07, 6.45) is 0. The fraction of sp³-hybridized carbons (Fsp3) is 1.00. The monoisotopic (exact) mass is 102 g/mol. The second-order valence-corrected chi connectivity index (χ2v) is 0.862. The fourth-order valence-corrected chi connectivity index (χ4v) is 0. The fourth-order valence-electron chi connectivity index (χ4n) is 0. The standard InChI is InChI=1S/CH4O2P.Na/c1-3-4-2;/h4H,1H3;/q-1;+1. The maximum absolute atomic E-state index is 9.10. The Morgan fingerprint density at radius 1 is 1.80 bits per heavy atom. The van der Waals surface area contributed by atoms with Gasteiger partial charge in [0.15, 0.2) is 0 Å². The summed E-state index contributed by atoms with van der Waals surface area (Å²) < 4.78 is 4.01. The molecule has 4 heteroatoms. The van der Waals surface area contributed by atoms with Gasteiger partial charge in [-0.25, -0.2) is 0 Å². The Morgan fingerprint density at radius 2 is 2.00 bits per heavy atom. The van der Waals surface area contributed by atoms with E-state index in [-0.39, 0.29) is 29.6 Å². The molecular weight excluding hydrogens is 98.0 g/mol. The van der Waals surface area contributed by atoms with E-state index in [2.05, 4.69) is 4.52 Å². The molecule has 0 N–H and O–H groups in total. The average Bonchev–Trinajstić information content (AvgIpc) is 1.37. The first-order valence-corrected chi connectivity index (χ1v) is 1.63. The van der Waals surface area contributed by atoms with Gasteiger partial charge in [0, 0.05) is 7.11 Å². The molecule has 1 unspecified atom stereocenters. The molecule has 0 radical (unpaired) electrons. The molecule has 0 aromatic rings. The zero-order valence-corrected chi connectivity index (χ0v) is 6.32. The van der Waals surface area contributed by atoms with Crippen LogP contribution in [0, 0.1) is 0 Å². The van der Waals surface area contributed by atoms with Crippen LogP contribution in [0.4, 0.5) is 0 Å². The van der Waals surface area contributed by atoms with Crippen LogP contribution in [0.15, 0.2) is 0 Å². The van der Waals surface area contributed by atoms with Crippen LogP contribution in [0.3, 0.4) is 0 Å². The predicted molar refractivity (Wildman–Crippen MR) is 15.3 cm³/mol. The van der Waals surface area contributed by atoms with Gasteiger partial charge in [-0.1, -0.05) is 9.03 Å². The van der Waals surface area contributed by atoms with E-state index in [1.54, 1.807) is 0 Å². The van der Waals surface area contributed by atoms with E-state index in [1.165, 1.54) is 7.11 Å². The molecule has 0 aliphatic rings. The minimum absolute atomic E-state index is 0. The van der Waals surface area contributed by atoms with Gasteiger partial charge in [-0.05, 0) is 0 Å². The Morgan fingerprint density at radius 3 is 2.00 bits per heavy atom. The van der Waals surface area contributed by atoms with Gasteiger partial charge in [-0.2, -0.15) is 0 Å². The molecule has 1 atom stereocenters. The van der Waals surface area contributed by atoms with Crippen molar-refractivity contribution in [3.63, 3.8) is 0 Å². The molecular formula is CH4NaO2P. The molecule has 0 saturated carbocycles. The summed E-state index contributed by atoms with van der Waals surface area (Å²) in [5.41, 5.74) is 0. The molecule has 0 aromatic carbocycles. The molecule has 0 aliphatic carbocycles. The van der Waals surface area contributed by atoms with Crippen LogP contribution in [-0.4, -0.2) is 7.11 Å². The summed E-state index contributed by atoms with van der Waals surface area (Å²) in [7, 11) is 0.771. The zero-order chi connectivity index (χ0) is 3.41. The summed E-state index contributed by atoms with van der Waals surface area (Å²) in [6.45, 7) is 0. The summed E-state index contributed by atoms with van der Waals surface area (Å²) in [6, 6.07) is 0. The summed E-state index contributed by atoms with van der Waals surface area (Å²) in [5, 5.41) is 0. The van der Waals surface area contributed by atoms with E-state index in [0.717, 1.165) is 0 Å². The SMILES string of the molecule is COP[O-].[Na+]. The Bertz CT molecular complexity index is 11.6. The quantitative estimate of drug-likeness (QED) is 0.254. The van der Waals surface area contributed by atoms with Gasteiger partial charge < -0.3 is 9.42 Å². The number of rotatable bonds is 1. The molecule has 0 bridgehead atoms. The predicted octanol–water partition coefficient (Wildman–Crippen LogP) is -3.49. The van der Waals surface area contributed by atoms with Gasteiger partial charge in [0.25, 0.3) is 0 Å². The molecule has 5 heavy (non-hydrogen) atoms. The van der Waals surface area contributed by atoms with Crippen LogP contribution < -0.4 is 34.5 Å². The third-order valence-electron chi connectivity index (χ3n) is 0.0833. The Balaban J connectivity index is 0. The van der Waals surface area contributed by atoms with Crippen LogP contribution >= 0.6 is 9.03 Å².